The first kappa shape index (κ1) is 27.7. The number of hydrogen-bond acceptors (Lipinski definition) is 5. The quantitative estimate of drug-likeness (QED) is 0.434. The van der Waals surface area contributed by atoms with Gasteiger partial charge in [0, 0.05) is 47.6 Å². The normalized spacial score (nSPS) is 22.0. The van der Waals surface area contributed by atoms with Gasteiger partial charge in [-0.2, -0.15) is 0 Å². The van der Waals surface area contributed by atoms with Crippen LogP contribution in [-0.2, 0) is 11.2 Å². The van der Waals surface area contributed by atoms with Gasteiger partial charge in [-0.05, 0) is 120 Å². The van der Waals surface area contributed by atoms with Gasteiger partial charge in [0.1, 0.15) is 6.04 Å². The van der Waals surface area contributed by atoms with Crippen molar-refractivity contribution in [1.82, 2.24) is 20.0 Å². The average molecular weight is 628 g/mol. The largest absolute Gasteiger partial charge is 0.397 e. The van der Waals surface area contributed by atoms with Crippen molar-refractivity contribution in [3.8, 4) is 0 Å². The monoisotopic (exact) mass is 626 g/mol. The molecule has 3 heterocycles. The van der Waals surface area contributed by atoms with Gasteiger partial charge in [-0.15, -0.1) is 0 Å². The Balaban J connectivity index is 1.42. The molecule has 3 fully saturated rings. The number of hydrogen-bond donors (Lipinski definition) is 3. The summed E-state index contributed by atoms with van der Waals surface area (Å²) in [5.41, 5.74) is 13.6. The number of amides is 3. The molecule has 10 heteroatoms. The summed E-state index contributed by atoms with van der Waals surface area (Å²) in [7, 11) is 2.20. The Bertz CT molecular complexity index is 900. The van der Waals surface area contributed by atoms with E-state index in [1.165, 1.54) is 25.9 Å². The Morgan fingerprint density at radius 1 is 0.917 bits per heavy atom. The predicted octanol–water partition coefficient (Wildman–Crippen LogP) is 3.42. The molecule has 0 bridgehead atoms. The zero-order valence-electron chi connectivity index (χ0n) is 21.2. The molecular weight excluding hydrogens is 588 g/mol. The van der Waals surface area contributed by atoms with E-state index < -0.39 is 6.04 Å². The van der Waals surface area contributed by atoms with Crippen LogP contribution in [0.1, 0.15) is 44.1 Å². The smallest absolute Gasteiger partial charge is 0.318 e. The number of urea groups is 1. The van der Waals surface area contributed by atoms with E-state index in [1.807, 2.05) is 17.0 Å². The van der Waals surface area contributed by atoms with Crippen LogP contribution in [0.5, 0.6) is 0 Å². The number of carbonyl (C=O) groups excluding carboxylic acids is 2. The molecule has 3 aliphatic heterocycles. The van der Waals surface area contributed by atoms with Crippen LogP contribution in [-0.4, -0.2) is 85.0 Å². The van der Waals surface area contributed by atoms with Crippen molar-refractivity contribution < 1.29 is 9.59 Å². The topological polar surface area (TPSA) is 108 Å². The highest BCUT2D eigenvalue weighted by molar-refractivity contribution is 9.11. The van der Waals surface area contributed by atoms with E-state index in [0.29, 0.717) is 31.1 Å². The number of nitrogens with zero attached hydrogens (tertiary/aromatic N) is 3. The van der Waals surface area contributed by atoms with E-state index in [-0.39, 0.29) is 18.0 Å². The third kappa shape index (κ3) is 6.94. The maximum atomic E-state index is 13.8. The van der Waals surface area contributed by atoms with Crippen LogP contribution in [0.3, 0.4) is 0 Å². The molecule has 0 saturated carbocycles. The summed E-state index contributed by atoms with van der Waals surface area (Å²) < 4.78 is 1.54. The minimum atomic E-state index is -0.629. The molecule has 0 radical (unpaired) electrons. The van der Waals surface area contributed by atoms with Gasteiger partial charge in [0.2, 0.25) is 5.91 Å². The van der Waals surface area contributed by atoms with Crippen LogP contribution in [0.2, 0.25) is 0 Å². The molecule has 0 aliphatic carbocycles. The molecule has 36 heavy (non-hydrogen) atoms. The Labute approximate surface area is 231 Å². The first-order valence-corrected chi connectivity index (χ1v) is 14.8. The maximum absolute atomic E-state index is 13.8. The van der Waals surface area contributed by atoms with Gasteiger partial charge in [-0.25, -0.2) is 4.79 Å². The number of nitrogens with one attached hydrogen (secondary N) is 1. The van der Waals surface area contributed by atoms with Crippen LogP contribution in [0.25, 0.3) is 0 Å². The molecule has 1 atom stereocenters. The SMILES string of the molecule is CN1CCC(C2CCN(C(=O)[C@@H](Cc3cc(Br)c(N)c(Br)c3)NC(=O)N3CCC(N)CC3)CC2)CC1. The number of halogens is 2. The van der Waals surface area contributed by atoms with Gasteiger partial charge in [0.05, 0.1) is 5.69 Å². The highest BCUT2D eigenvalue weighted by Gasteiger charge is 2.34. The third-order valence-corrected chi connectivity index (χ3v) is 9.59. The van der Waals surface area contributed by atoms with Crippen molar-refractivity contribution in [3.05, 3.63) is 26.6 Å². The molecule has 1 aromatic carbocycles. The lowest BCUT2D eigenvalue weighted by atomic mass is 9.79. The first-order chi connectivity index (χ1) is 17.2. The zero-order chi connectivity index (χ0) is 25.8. The van der Waals surface area contributed by atoms with Crippen LogP contribution in [0, 0.1) is 11.8 Å². The van der Waals surface area contributed by atoms with Gasteiger partial charge in [-0.3, -0.25) is 4.79 Å². The Kier molecular flexibility index (Phi) is 9.57. The number of rotatable bonds is 5. The van der Waals surface area contributed by atoms with Gasteiger partial charge in [0.15, 0.2) is 0 Å². The summed E-state index contributed by atoms with van der Waals surface area (Å²) in [6, 6.07) is 3.18. The molecule has 0 unspecified atom stereocenters. The Morgan fingerprint density at radius 3 is 1.97 bits per heavy atom. The highest BCUT2D eigenvalue weighted by Crippen LogP contribution is 2.33. The summed E-state index contributed by atoms with van der Waals surface area (Å²) in [6.07, 6.45) is 6.59. The summed E-state index contributed by atoms with van der Waals surface area (Å²) in [5.74, 6) is 1.46. The second-order valence-electron chi connectivity index (χ2n) is 10.8. The zero-order valence-corrected chi connectivity index (χ0v) is 24.4. The van der Waals surface area contributed by atoms with Crippen molar-refractivity contribution >= 4 is 49.5 Å². The second-order valence-corrected chi connectivity index (χ2v) is 12.5. The summed E-state index contributed by atoms with van der Waals surface area (Å²) in [6.45, 7) is 5.10. The van der Waals surface area contributed by atoms with E-state index in [2.05, 4.69) is 49.1 Å². The fourth-order valence-electron chi connectivity index (χ4n) is 5.84. The van der Waals surface area contributed by atoms with Crippen LogP contribution in [0.4, 0.5) is 10.5 Å². The number of nitrogens with two attached hydrogens (primary N) is 2. The fourth-order valence-corrected chi connectivity index (χ4v) is 7.13. The molecule has 5 N–H and O–H groups in total. The van der Waals surface area contributed by atoms with Crippen molar-refractivity contribution in [3.63, 3.8) is 0 Å². The number of nitrogen functional groups attached to an aromatic ring is 1. The first-order valence-electron chi connectivity index (χ1n) is 13.2. The molecule has 3 amide bonds. The summed E-state index contributed by atoms with van der Waals surface area (Å²) >= 11 is 7.01. The van der Waals surface area contributed by atoms with Crippen LogP contribution in [0.15, 0.2) is 21.1 Å². The second kappa shape index (κ2) is 12.5. The lowest BCUT2D eigenvalue weighted by molar-refractivity contribution is -0.135. The van der Waals surface area contributed by atoms with Crippen molar-refractivity contribution in [2.24, 2.45) is 17.6 Å². The van der Waals surface area contributed by atoms with E-state index in [0.717, 1.165) is 59.2 Å². The lowest BCUT2D eigenvalue weighted by Crippen LogP contribution is -2.56. The average Bonchev–Trinajstić information content (AvgIpc) is 2.87. The molecule has 0 aromatic heterocycles. The van der Waals surface area contributed by atoms with Gasteiger partial charge >= 0.3 is 6.03 Å². The number of anilines is 1. The van der Waals surface area contributed by atoms with Crippen LogP contribution < -0.4 is 16.8 Å². The third-order valence-electron chi connectivity index (χ3n) is 8.28. The highest BCUT2D eigenvalue weighted by atomic mass is 79.9. The van der Waals surface area contributed by atoms with Crippen molar-refractivity contribution in [2.75, 3.05) is 52.0 Å². The molecule has 4 rings (SSSR count). The number of carbonyl (C=O) groups is 2. The van der Waals surface area contributed by atoms with Crippen LogP contribution >= 0.6 is 31.9 Å². The molecule has 3 saturated heterocycles. The Morgan fingerprint density at radius 2 is 1.42 bits per heavy atom. The minimum Gasteiger partial charge on any atom is -0.397 e. The molecule has 1 aromatic rings. The molecule has 3 aliphatic rings. The fraction of sp³-hybridized carbons (Fsp3) is 0.692. The van der Waals surface area contributed by atoms with Gasteiger partial charge in [-0.1, -0.05) is 0 Å². The Hall–Kier alpha value is -1.36. The van der Waals surface area contributed by atoms with E-state index in [1.54, 1.807) is 4.90 Å². The van der Waals surface area contributed by atoms with Crippen molar-refractivity contribution in [2.45, 2.75) is 57.0 Å². The predicted molar refractivity (Wildman–Crippen MR) is 151 cm³/mol. The number of piperidine rings is 3. The molecule has 0 spiro atoms. The van der Waals surface area contributed by atoms with E-state index >= 15 is 0 Å². The number of likely N-dealkylation sites (tertiary alicyclic amines) is 3. The lowest BCUT2D eigenvalue weighted by Gasteiger charge is -2.40. The van der Waals surface area contributed by atoms with E-state index in [9.17, 15) is 9.59 Å². The number of benzene rings is 1. The molecular formula is C26H40Br2N6O2. The molecule has 8 nitrogen and oxygen atoms in total. The maximum Gasteiger partial charge on any atom is 0.318 e. The van der Waals surface area contributed by atoms with Gasteiger partial charge in [0.25, 0.3) is 0 Å². The summed E-state index contributed by atoms with van der Waals surface area (Å²) in [5, 5.41) is 3.07. The molecule has 200 valence electrons. The standard InChI is InChI=1S/C26H40Br2N6O2/c1-32-8-2-18(3-9-32)19-4-10-33(11-5-19)25(35)23(16-17-14-21(27)24(30)22(28)15-17)31-26(36)34-12-6-20(29)7-13-34/h14-15,18-20,23H,2-13,16,29-30H2,1H3,(H,31,36)/t23-/m1/s1. The van der Waals surface area contributed by atoms with Gasteiger partial charge < -0.3 is 31.5 Å². The summed E-state index contributed by atoms with van der Waals surface area (Å²) in [4.78, 5) is 33.0. The minimum absolute atomic E-state index is 0.00274. The van der Waals surface area contributed by atoms with E-state index in [4.69, 9.17) is 11.5 Å². The van der Waals surface area contributed by atoms with Crippen molar-refractivity contribution in [1.29, 1.82) is 0 Å².